The van der Waals surface area contributed by atoms with Crippen molar-refractivity contribution in [3.8, 4) is 0 Å². The molecule has 0 bridgehead atoms. The number of carbonyl (C=O) groups is 1. The van der Waals surface area contributed by atoms with Crippen LogP contribution in [0.25, 0.3) is 0 Å². The van der Waals surface area contributed by atoms with Crippen LogP contribution in [0, 0.1) is 20.2 Å². The van der Waals surface area contributed by atoms with E-state index in [9.17, 15) is 25.0 Å². The van der Waals surface area contributed by atoms with Crippen LogP contribution in [0.1, 0.15) is 22.8 Å². The maximum absolute atomic E-state index is 11.4. The minimum Gasteiger partial charge on any atom is -0.364 e. The molecule has 0 amide bonds. The van der Waals surface area contributed by atoms with E-state index < -0.39 is 9.85 Å². The van der Waals surface area contributed by atoms with Crippen LogP contribution in [0.4, 0.5) is 17.1 Å². The third-order valence-electron chi connectivity index (χ3n) is 3.59. The van der Waals surface area contributed by atoms with Crippen molar-refractivity contribution in [2.75, 3.05) is 11.9 Å². The standard InChI is InChI=1S/C16H15N3O5/c1-11(20)12-7-8-15(16(9-12)19(23)24)17(2)10-13-5-3-4-6-14(13)18(21)22/h3-9H,10H2,1-2H3. The van der Waals surface area contributed by atoms with Crippen molar-refractivity contribution in [3.05, 3.63) is 73.8 Å². The van der Waals surface area contributed by atoms with Crippen molar-refractivity contribution in [2.45, 2.75) is 13.5 Å². The first-order chi connectivity index (χ1) is 11.3. The fourth-order valence-electron chi connectivity index (χ4n) is 2.37. The van der Waals surface area contributed by atoms with E-state index in [1.54, 1.807) is 30.1 Å². The van der Waals surface area contributed by atoms with Crippen molar-refractivity contribution >= 4 is 22.8 Å². The molecule has 24 heavy (non-hydrogen) atoms. The number of para-hydroxylation sites is 1. The summed E-state index contributed by atoms with van der Waals surface area (Å²) < 4.78 is 0. The molecule has 0 saturated heterocycles. The highest BCUT2D eigenvalue weighted by molar-refractivity contribution is 5.95. The Morgan fingerprint density at radius 2 is 1.67 bits per heavy atom. The molecule has 8 heteroatoms. The molecule has 0 aromatic heterocycles. The largest absolute Gasteiger partial charge is 0.364 e. The molecule has 0 saturated carbocycles. The number of hydrogen-bond donors (Lipinski definition) is 0. The molecule has 8 nitrogen and oxygen atoms in total. The second-order valence-corrected chi connectivity index (χ2v) is 5.26. The first-order valence-electron chi connectivity index (χ1n) is 7.04. The average molecular weight is 329 g/mol. The van der Waals surface area contributed by atoms with Crippen molar-refractivity contribution in [2.24, 2.45) is 0 Å². The van der Waals surface area contributed by atoms with E-state index >= 15 is 0 Å². The molecule has 0 N–H and O–H groups in total. The molecular formula is C16H15N3O5. The third kappa shape index (κ3) is 3.54. The molecule has 0 radical (unpaired) electrons. The van der Waals surface area contributed by atoms with E-state index in [1.807, 2.05) is 0 Å². The van der Waals surface area contributed by atoms with Crippen molar-refractivity contribution in [1.29, 1.82) is 0 Å². The van der Waals surface area contributed by atoms with Gasteiger partial charge < -0.3 is 4.90 Å². The molecule has 0 aliphatic heterocycles. The minimum atomic E-state index is -0.572. The predicted molar refractivity (Wildman–Crippen MR) is 88.3 cm³/mol. The van der Waals surface area contributed by atoms with E-state index in [1.165, 1.54) is 31.2 Å². The average Bonchev–Trinajstić information content (AvgIpc) is 2.54. The van der Waals surface area contributed by atoms with Gasteiger partial charge in [-0.3, -0.25) is 25.0 Å². The Morgan fingerprint density at radius 1 is 1.04 bits per heavy atom. The fourth-order valence-corrected chi connectivity index (χ4v) is 2.37. The minimum absolute atomic E-state index is 0.0487. The number of nitrogens with zero attached hydrogens (tertiary/aromatic N) is 3. The first-order valence-corrected chi connectivity index (χ1v) is 7.04. The van der Waals surface area contributed by atoms with Crippen LogP contribution in [0.5, 0.6) is 0 Å². The number of anilines is 1. The van der Waals surface area contributed by atoms with E-state index in [2.05, 4.69) is 0 Å². The predicted octanol–water partition coefficient (Wildman–Crippen LogP) is 3.34. The third-order valence-corrected chi connectivity index (χ3v) is 3.59. The molecule has 2 aromatic rings. The Labute approximate surface area is 137 Å². The molecule has 0 aliphatic rings. The topological polar surface area (TPSA) is 107 Å². The lowest BCUT2D eigenvalue weighted by Gasteiger charge is -2.19. The molecule has 0 unspecified atom stereocenters. The molecule has 2 aromatic carbocycles. The highest BCUT2D eigenvalue weighted by Gasteiger charge is 2.21. The summed E-state index contributed by atoms with van der Waals surface area (Å²) in [7, 11) is 1.60. The Morgan fingerprint density at radius 3 is 2.25 bits per heavy atom. The lowest BCUT2D eigenvalue weighted by molar-refractivity contribution is -0.385. The van der Waals surface area contributed by atoms with Gasteiger partial charge >= 0.3 is 0 Å². The van der Waals surface area contributed by atoms with Gasteiger partial charge in [-0.05, 0) is 19.1 Å². The molecule has 124 valence electrons. The number of rotatable bonds is 6. The zero-order valence-electron chi connectivity index (χ0n) is 13.1. The summed E-state index contributed by atoms with van der Waals surface area (Å²) in [4.78, 5) is 34.2. The van der Waals surface area contributed by atoms with Gasteiger partial charge in [-0.15, -0.1) is 0 Å². The van der Waals surface area contributed by atoms with Gasteiger partial charge in [-0.25, -0.2) is 0 Å². The Bertz CT molecular complexity index is 819. The zero-order chi connectivity index (χ0) is 17.9. The second kappa shape index (κ2) is 6.86. The van der Waals surface area contributed by atoms with Crippen LogP contribution in [-0.4, -0.2) is 22.7 Å². The first kappa shape index (κ1) is 17.1. The van der Waals surface area contributed by atoms with Crippen molar-refractivity contribution in [3.63, 3.8) is 0 Å². The van der Waals surface area contributed by atoms with Crippen LogP contribution >= 0.6 is 0 Å². The summed E-state index contributed by atoms with van der Waals surface area (Å²) in [6.45, 7) is 1.45. The summed E-state index contributed by atoms with van der Waals surface area (Å²) in [5.74, 6) is -0.272. The number of nitro benzene ring substituents is 2. The Kier molecular flexibility index (Phi) is 4.88. The Balaban J connectivity index is 2.40. The normalized spacial score (nSPS) is 10.2. The van der Waals surface area contributed by atoms with Gasteiger partial charge in [0.1, 0.15) is 5.69 Å². The number of carbonyl (C=O) groups excluding carboxylic acids is 1. The van der Waals surface area contributed by atoms with Crippen LogP contribution in [0.2, 0.25) is 0 Å². The van der Waals surface area contributed by atoms with Crippen LogP contribution in [-0.2, 0) is 6.54 Å². The molecule has 0 atom stereocenters. The van der Waals surface area contributed by atoms with Crippen LogP contribution < -0.4 is 4.90 Å². The lowest BCUT2D eigenvalue weighted by atomic mass is 10.1. The van der Waals surface area contributed by atoms with Gasteiger partial charge in [0.2, 0.25) is 0 Å². The second-order valence-electron chi connectivity index (χ2n) is 5.26. The van der Waals surface area contributed by atoms with Crippen LogP contribution in [0.15, 0.2) is 42.5 Å². The summed E-state index contributed by atoms with van der Waals surface area (Å²) in [5.41, 5.74) is 0.693. The maximum Gasteiger partial charge on any atom is 0.293 e. The molecular weight excluding hydrogens is 314 g/mol. The van der Waals surface area contributed by atoms with Crippen molar-refractivity contribution < 1.29 is 14.6 Å². The summed E-state index contributed by atoms with van der Waals surface area (Å²) in [6.07, 6.45) is 0. The van der Waals surface area contributed by atoms with E-state index in [0.717, 1.165) is 0 Å². The van der Waals surface area contributed by atoms with E-state index in [0.29, 0.717) is 5.56 Å². The van der Waals surface area contributed by atoms with E-state index in [4.69, 9.17) is 0 Å². The lowest BCUT2D eigenvalue weighted by Crippen LogP contribution is -2.18. The quantitative estimate of drug-likeness (QED) is 0.457. The summed E-state index contributed by atoms with van der Waals surface area (Å²) >= 11 is 0. The number of Topliss-reactive ketones (excluding diaryl/α,β-unsaturated/α-hetero) is 1. The van der Waals surface area contributed by atoms with Gasteiger partial charge in [-0.1, -0.05) is 18.2 Å². The number of nitro groups is 2. The molecule has 0 heterocycles. The van der Waals surface area contributed by atoms with E-state index in [-0.39, 0.29) is 35.0 Å². The maximum atomic E-state index is 11.4. The van der Waals surface area contributed by atoms with Gasteiger partial charge in [0.15, 0.2) is 5.78 Å². The molecule has 0 spiro atoms. The summed E-state index contributed by atoms with van der Waals surface area (Å²) in [5, 5.41) is 22.4. The van der Waals surface area contributed by atoms with Crippen LogP contribution in [0.3, 0.4) is 0 Å². The van der Waals surface area contributed by atoms with Crippen molar-refractivity contribution in [1.82, 2.24) is 0 Å². The Hall–Kier alpha value is -3.29. The number of hydrogen-bond acceptors (Lipinski definition) is 6. The van der Waals surface area contributed by atoms with Gasteiger partial charge in [0, 0.05) is 36.9 Å². The molecule has 0 fully saturated rings. The van der Waals surface area contributed by atoms with Gasteiger partial charge in [0.25, 0.3) is 11.4 Å². The number of benzene rings is 2. The van der Waals surface area contributed by atoms with Gasteiger partial charge in [0.05, 0.1) is 9.85 Å². The highest BCUT2D eigenvalue weighted by atomic mass is 16.6. The monoisotopic (exact) mass is 329 g/mol. The summed E-state index contributed by atoms with van der Waals surface area (Å²) in [6, 6.07) is 10.4. The highest BCUT2D eigenvalue weighted by Crippen LogP contribution is 2.31. The fraction of sp³-hybridized carbons (Fsp3) is 0.188. The number of ketones is 1. The zero-order valence-corrected chi connectivity index (χ0v) is 13.1. The SMILES string of the molecule is CC(=O)c1ccc(N(C)Cc2ccccc2[N+](=O)[O-])c([N+](=O)[O-])c1. The molecule has 0 aliphatic carbocycles. The molecule has 2 rings (SSSR count). The van der Waals surface area contributed by atoms with Gasteiger partial charge in [-0.2, -0.15) is 0 Å². The smallest absolute Gasteiger partial charge is 0.293 e.